The van der Waals surface area contributed by atoms with Crippen LogP contribution in [0.3, 0.4) is 0 Å². The Hall–Kier alpha value is -1.31. The van der Waals surface area contributed by atoms with Gasteiger partial charge in [-0.05, 0) is 55.9 Å². The largest absolute Gasteiger partial charge is 0.369 e. The molecule has 1 aliphatic heterocycles. The van der Waals surface area contributed by atoms with Gasteiger partial charge in [0.1, 0.15) is 0 Å². The number of nitrogens with one attached hydrogen (secondary N) is 1. The molecule has 0 spiro atoms. The topological polar surface area (TPSA) is 69.7 Å². The third-order valence-electron chi connectivity index (χ3n) is 6.67. The summed E-state index contributed by atoms with van der Waals surface area (Å²) in [6, 6.07) is 7.61. The van der Waals surface area contributed by atoms with Gasteiger partial charge in [0.2, 0.25) is 15.9 Å². The van der Waals surface area contributed by atoms with Crippen LogP contribution in [0.4, 0.5) is 5.69 Å². The summed E-state index contributed by atoms with van der Waals surface area (Å²) in [5.41, 5.74) is 1.05. The van der Waals surface area contributed by atoms with Crippen molar-refractivity contribution in [2.24, 2.45) is 11.8 Å². The molecular formula is C23H36ClN3O3S. The Morgan fingerprint density at radius 3 is 2.32 bits per heavy atom. The second kappa shape index (κ2) is 11.5. The maximum atomic E-state index is 12.7. The first kappa shape index (κ1) is 24.3. The molecule has 31 heavy (non-hydrogen) atoms. The number of hydrogen-bond donors (Lipinski definition) is 1. The lowest BCUT2D eigenvalue weighted by Gasteiger charge is -2.35. The zero-order valence-electron chi connectivity index (χ0n) is 18.6. The first-order valence-electron chi connectivity index (χ1n) is 11.6. The molecule has 2 aliphatic rings. The molecule has 1 amide bonds. The Bertz CT molecular complexity index is 800. The van der Waals surface area contributed by atoms with Crippen molar-refractivity contribution in [2.45, 2.75) is 51.9 Å². The fourth-order valence-corrected chi connectivity index (χ4v) is 6.12. The van der Waals surface area contributed by atoms with Gasteiger partial charge in [-0.2, -0.15) is 4.31 Å². The number of amides is 1. The van der Waals surface area contributed by atoms with E-state index in [1.54, 1.807) is 4.31 Å². The fraction of sp³-hybridized carbons (Fsp3) is 0.696. The Balaban J connectivity index is 1.37. The number of unbranched alkanes of at least 4 members (excludes halogenated alkanes) is 1. The number of halogens is 1. The van der Waals surface area contributed by atoms with E-state index in [0.29, 0.717) is 31.2 Å². The highest BCUT2D eigenvalue weighted by Gasteiger charge is 2.28. The molecule has 1 saturated carbocycles. The summed E-state index contributed by atoms with van der Waals surface area (Å²) < 4.78 is 27.0. The number of rotatable bonds is 9. The van der Waals surface area contributed by atoms with Crippen LogP contribution in [0.1, 0.15) is 51.9 Å². The molecule has 1 heterocycles. The van der Waals surface area contributed by atoms with Gasteiger partial charge in [0.05, 0.1) is 5.75 Å². The summed E-state index contributed by atoms with van der Waals surface area (Å²) in [4.78, 5) is 14.6. The molecule has 0 unspecified atom stereocenters. The van der Waals surface area contributed by atoms with Crippen molar-refractivity contribution in [3.05, 3.63) is 29.3 Å². The minimum absolute atomic E-state index is 0.0247. The van der Waals surface area contributed by atoms with Crippen molar-refractivity contribution in [3.8, 4) is 0 Å². The summed E-state index contributed by atoms with van der Waals surface area (Å²) in [7, 11) is -3.37. The van der Waals surface area contributed by atoms with Gasteiger partial charge in [0, 0.05) is 49.4 Å². The number of piperazine rings is 1. The van der Waals surface area contributed by atoms with Gasteiger partial charge < -0.3 is 10.2 Å². The third-order valence-corrected chi connectivity index (χ3v) is 8.79. The number of benzene rings is 1. The van der Waals surface area contributed by atoms with Crippen LogP contribution >= 0.6 is 11.6 Å². The van der Waals surface area contributed by atoms with E-state index >= 15 is 0 Å². The molecule has 1 aromatic carbocycles. The Kier molecular flexibility index (Phi) is 9.05. The summed E-state index contributed by atoms with van der Waals surface area (Å²) in [6.45, 7) is 4.62. The SMILES string of the molecule is CCCCC1CCC(C(=O)NCCS(=O)(=O)N2CCN(c3ccc(Cl)cc3)CC2)CC1. The molecule has 0 atom stereocenters. The quantitative estimate of drug-likeness (QED) is 0.595. The molecular weight excluding hydrogens is 434 g/mol. The molecule has 1 N–H and O–H groups in total. The van der Waals surface area contributed by atoms with Crippen molar-refractivity contribution in [1.29, 1.82) is 0 Å². The molecule has 8 heteroatoms. The Morgan fingerprint density at radius 2 is 1.71 bits per heavy atom. The van der Waals surface area contributed by atoms with Gasteiger partial charge in [0.15, 0.2) is 0 Å². The lowest BCUT2D eigenvalue weighted by atomic mass is 9.79. The molecule has 0 radical (unpaired) electrons. The van der Waals surface area contributed by atoms with Gasteiger partial charge >= 0.3 is 0 Å². The van der Waals surface area contributed by atoms with E-state index in [2.05, 4.69) is 17.1 Å². The number of anilines is 1. The number of sulfonamides is 1. The van der Waals surface area contributed by atoms with Crippen LogP contribution < -0.4 is 10.2 Å². The van der Waals surface area contributed by atoms with Gasteiger partial charge in [-0.3, -0.25) is 4.79 Å². The van der Waals surface area contributed by atoms with Gasteiger partial charge in [-0.25, -0.2) is 8.42 Å². The summed E-state index contributed by atoms with van der Waals surface area (Å²) in [5.74, 6) is 0.794. The molecule has 174 valence electrons. The number of carbonyl (C=O) groups excluding carboxylic acids is 1. The zero-order valence-corrected chi connectivity index (χ0v) is 20.1. The summed E-state index contributed by atoms with van der Waals surface area (Å²) in [6.07, 6.45) is 7.87. The average Bonchev–Trinajstić information content (AvgIpc) is 2.78. The van der Waals surface area contributed by atoms with Gasteiger partial charge in [0.25, 0.3) is 0 Å². The van der Waals surface area contributed by atoms with Gasteiger partial charge in [-0.1, -0.05) is 37.8 Å². The second-order valence-corrected chi connectivity index (χ2v) is 11.4. The summed E-state index contributed by atoms with van der Waals surface area (Å²) >= 11 is 5.94. The van der Waals surface area contributed by atoms with E-state index in [1.165, 1.54) is 19.3 Å². The molecule has 3 rings (SSSR count). The highest BCUT2D eigenvalue weighted by molar-refractivity contribution is 7.89. The van der Waals surface area contributed by atoms with Crippen LogP contribution in [0.5, 0.6) is 0 Å². The second-order valence-electron chi connectivity index (χ2n) is 8.83. The smallest absolute Gasteiger partial charge is 0.223 e. The van der Waals surface area contributed by atoms with Crippen molar-refractivity contribution in [3.63, 3.8) is 0 Å². The monoisotopic (exact) mass is 469 g/mol. The molecule has 6 nitrogen and oxygen atoms in total. The predicted octanol–water partition coefficient (Wildman–Crippen LogP) is 3.90. The van der Waals surface area contributed by atoms with E-state index in [4.69, 9.17) is 11.6 Å². The fourth-order valence-electron chi connectivity index (χ4n) is 4.66. The van der Waals surface area contributed by atoms with E-state index in [0.717, 1.165) is 37.3 Å². The minimum Gasteiger partial charge on any atom is -0.369 e. The highest BCUT2D eigenvalue weighted by Crippen LogP contribution is 2.32. The molecule has 2 fully saturated rings. The average molecular weight is 470 g/mol. The van der Waals surface area contributed by atoms with E-state index in [1.807, 2.05) is 24.3 Å². The maximum absolute atomic E-state index is 12.7. The van der Waals surface area contributed by atoms with E-state index in [-0.39, 0.29) is 24.1 Å². The molecule has 1 aromatic rings. The third kappa shape index (κ3) is 7.09. The van der Waals surface area contributed by atoms with Crippen LogP contribution in [0.15, 0.2) is 24.3 Å². The van der Waals surface area contributed by atoms with Crippen molar-refractivity contribution in [2.75, 3.05) is 43.4 Å². The molecule has 0 bridgehead atoms. The zero-order chi connectivity index (χ0) is 22.3. The van der Waals surface area contributed by atoms with Gasteiger partial charge in [-0.15, -0.1) is 0 Å². The van der Waals surface area contributed by atoms with E-state index in [9.17, 15) is 13.2 Å². The summed E-state index contributed by atoms with van der Waals surface area (Å²) in [5, 5.41) is 3.57. The first-order valence-corrected chi connectivity index (χ1v) is 13.6. The van der Waals surface area contributed by atoms with Crippen LogP contribution in [-0.4, -0.2) is 57.1 Å². The van der Waals surface area contributed by atoms with Crippen LogP contribution in [0, 0.1) is 11.8 Å². The predicted molar refractivity (Wildman–Crippen MR) is 127 cm³/mol. The standard InChI is InChI=1S/C23H36ClN3O3S/c1-2-3-4-19-5-7-20(8-6-19)23(28)25-13-18-31(29,30)27-16-14-26(15-17-27)22-11-9-21(24)10-12-22/h9-12,19-20H,2-8,13-18H2,1H3,(H,25,28). The van der Waals surface area contributed by atoms with Crippen LogP contribution in [0.25, 0.3) is 0 Å². The van der Waals surface area contributed by atoms with Crippen LogP contribution in [-0.2, 0) is 14.8 Å². The Labute approximate surface area is 192 Å². The number of hydrogen-bond acceptors (Lipinski definition) is 4. The lowest BCUT2D eigenvalue weighted by Crippen LogP contribution is -2.50. The lowest BCUT2D eigenvalue weighted by molar-refractivity contribution is -0.126. The highest BCUT2D eigenvalue weighted by atomic mass is 35.5. The van der Waals surface area contributed by atoms with Crippen molar-refractivity contribution in [1.82, 2.24) is 9.62 Å². The molecule has 0 aromatic heterocycles. The molecule has 1 saturated heterocycles. The first-order chi connectivity index (χ1) is 14.9. The molecule has 1 aliphatic carbocycles. The number of nitrogens with zero attached hydrogens (tertiary/aromatic N) is 2. The normalized spacial score (nSPS) is 23.0. The Morgan fingerprint density at radius 1 is 1.06 bits per heavy atom. The maximum Gasteiger partial charge on any atom is 0.223 e. The minimum atomic E-state index is -3.37. The van der Waals surface area contributed by atoms with E-state index < -0.39 is 10.0 Å². The van der Waals surface area contributed by atoms with Crippen molar-refractivity contribution >= 4 is 33.2 Å². The number of carbonyl (C=O) groups is 1. The van der Waals surface area contributed by atoms with Crippen molar-refractivity contribution < 1.29 is 13.2 Å². The van der Waals surface area contributed by atoms with Crippen LogP contribution in [0.2, 0.25) is 5.02 Å².